The van der Waals surface area contributed by atoms with Crippen LogP contribution in [0.1, 0.15) is 31.2 Å². The Kier molecular flexibility index (Phi) is 5.23. The molecule has 0 saturated carbocycles. The van der Waals surface area contributed by atoms with Gasteiger partial charge in [-0.1, -0.05) is 18.2 Å². The van der Waals surface area contributed by atoms with Gasteiger partial charge in [-0.05, 0) is 66.8 Å². The van der Waals surface area contributed by atoms with E-state index in [0.29, 0.717) is 12.0 Å². The van der Waals surface area contributed by atoms with Crippen LogP contribution in [0, 0.1) is 11.3 Å². The SMILES string of the molecule is COc1ccc2cc(C(=N)C3CCCN(C4CCOCC4)C3)ccc2c1. The van der Waals surface area contributed by atoms with Crippen molar-refractivity contribution in [2.24, 2.45) is 5.92 Å². The molecular weight excluding hydrogens is 324 g/mol. The third kappa shape index (κ3) is 3.62. The maximum atomic E-state index is 8.81. The average molecular weight is 352 g/mol. The Labute approximate surface area is 155 Å². The van der Waals surface area contributed by atoms with Crippen molar-refractivity contribution >= 4 is 16.5 Å². The van der Waals surface area contributed by atoms with Gasteiger partial charge in [0.05, 0.1) is 7.11 Å². The molecule has 0 aromatic heterocycles. The molecule has 1 N–H and O–H groups in total. The van der Waals surface area contributed by atoms with Crippen molar-refractivity contribution in [3.05, 3.63) is 42.0 Å². The number of fused-ring (bicyclic) bond motifs is 1. The first-order valence-electron chi connectivity index (χ1n) is 9.73. The van der Waals surface area contributed by atoms with Crippen LogP contribution < -0.4 is 4.74 Å². The summed E-state index contributed by atoms with van der Waals surface area (Å²) in [4.78, 5) is 2.61. The minimum Gasteiger partial charge on any atom is -0.497 e. The summed E-state index contributed by atoms with van der Waals surface area (Å²) in [6, 6.07) is 13.1. The van der Waals surface area contributed by atoms with Crippen LogP contribution in [-0.2, 0) is 4.74 Å². The van der Waals surface area contributed by atoms with Gasteiger partial charge in [0.1, 0.15) is 5.75 Å². The van der Waals surface area contributed by atoms with Crippen molar-refractivity contribution in [2.75, 3.05) is 33.4 Å². The van der Waals surface area contributed by atoms with Crippen molar-refractivity contribution in [3.63, 3.8) is 0 Å². The monoisotopic (exact) mass is 352 g/mol. The molecule has 4 nitrogen and oxygen atoms in total. The van der Waals surface area contributed by atoms with Gasteiger partial charge in [0.15, 0.2) is 0 Å². The van der Waals surface area contributed by atoms with E-state index in [-0.39, 0.29) is 0 Å². The smallest absolute Gasteiger partial charge is 0.119 e. The Bertz CT molecular complexity index is 783. The van der Waals surface area contributed by atoms with Gasteiger partial charge in [0.25, 0.3) is 0 Å². The van der Waals surface area contributed by atoms with Gasteiger partial charge in [0, 0.05) is 37.4 Å². The van der Waals surface area contributed by atoms with Crippen LogP contribution in [-0.4, -0.2) is 50.1 Å². The molecule has 1 atom stereocenters. The highest BCUT2D eigenvalue weighted by atomic mass is 16.5. The summed E-state index contributed by atoms with van der Waals surface area (Å²) in [7, 11) is 1.69. The molecule has 0 bridgehead atoms. The van der Waals surface area contributed by atoms with E-state index in [9.17, 15) is 0 Å². The standard InChI is InChI=1S/C22H28N2O2/c1-25-21-7-6-16-13-18(5-4-17(16)14-21)22(23)19-3-2-10-24(15-19)20-8-11-26-12-9-20/h4-7,13-14,19-20,23H,2-3,8-12,15H2,1H3. The quantitative estimate of drug-likeness (QED) is 0.843. The molecule has 4 rings (SSSR count). The van der Waals surface area contributed by atoms with Crippen molar-refractivity contribution in [3.8, 4) is 5.75 Å². The molecule has 2 aliphatic heterocycles. The zero-order valence-electron chi connectivity index (χ0n) is 15.5. The number of benzene rings is 2. The van der Waals surface area contributed by atoms with Gasteiger partial charge in [-0.2, -0.15) is 0 Å². The van der Waals surface area contributed by atoms with E-state index in [1.807, 2.05) is 6.07 Å². The third-order valence-electron chi connectivity index (χ3n) is 5.93. The predicted octanol–water partition coefficient (Wildman–Crippen LogP) is 4.11. The van der Waals surface area contributed by atoms with Crippen LogP contribution in [0.5, 0.6) is 5.75 Å². The second-order valence-electron chi connectivity index (χ2n) is 7.52. The number of nitrogens with zero attached hydrogens (tertiary/aromatic N) is 1. The molecule has 2 aromatic carbocycles. The van der Waals surface area contributed by atoms with Gasteiger partial charge in [-0.3, -0.25) is 4.90 Å². The van der Waals surface area contributed by atoms with Crippen LogP contribution in [0.15, 0.2) is 36.4 Å². The van der Waals surface area contributed by atoms with E-state index >= 15 is 0 Å². The van der Waals surface area contributed by atoms with E-state index < -0.39 is 0 Å². The average Bonchev–Trinajstić information content (AvgIpc) is 2.73. The van der Waals surface area contributed by atoms with E-state index in [2.05, 4.69) is 35.2 Å². The lowest BCUT2D eigenvalue weighted by atomic mass is 9.87. The first-order chi connectivity index (χ1) is 12.7. The van der Waals surface area contributed by atoms with Crippen molar-refractivity contribution < 1.29 is 9.47 Å². The highest BCUT2D eigenvalue weighted by Crippen LogP contribution is 2.27. The number of nitrogens with one attached hydrogen (secondary N) is 1. The summed E-state index contributed by atoms with van der Waals surface area (Å²) in [5, 5.41) is 11.1. The van der Waals surface area contributed by atoms with Gasteiger partial charge < -0.3 is 14.9 Å². The molecular formula is C22H28N2O2. The number of methoxy groups -OCH3 is 1. The zero-order valence-corrected chi connectivity index (χ0v) is 15.5. The summed E-state index contributed by atoms with van der Waals surface area (Å²) in [5.74, 6) is 1.21. The van der Waals surface area contributed by atoms with E-state index in [1.54, 1.807) is 7.11 Å². The maximum absolute atomic E-state index is 8.81. The number of rotatable bonds is 4. The summed E-state index contributed by atoms with van der Waals surface area (Å²) < 4.78 is 10.8. The lowest BCUT2D eigenvalue weighted by molar-refractivity contribution is 0.0231. The molecule has 2 fully saturated rings. The first-order valence-corrected chi connectivity index (χ1v) is 9.73. The molecule has 2 aromatic rings. The lowest BCUT2D eigenvalue weighted by Crippen LogP contribution is -2.46. The van der Waals surface area contributed by atoms with Crippen LogP contribution >= 0.6 is 0 Å². The molecule has 26 heavy (non-hydrogen) atoms. The fourth-order valence-corrected chi connectivity index (χ4v) is 4.38. The Hall–Kier alpha value is -1.91. The number of piperidine rings is 1. The van der Waals surface area contributed by atoms with Crippen LogP contribution in [0.3, 0.4) is 0 Å². The topological polar surface area (TPSA) is 45.5 Å². The first kappa shape index (κ1) is 17.5. The molecule has 0 aliphatic carbocycles. The molecule has 0 spiro atoms. The summed E-state index contributed by atoms with van der Waals surface area (Å²) in [6.45, 7) is 3.96. The Morgan fingerprint density at radius 3 is 2.65 bits per heavy atom. The van der Waals surface area contributed by atoms with Gasteiger partial charge in [-0.25, -0.2) is 0 Å². The Morgan fingerprint density at radius 1 is 1.08 bits per heavy atom. The fraction of sp³-hybridized carbons (Fsp3) is 0.500. The molecule has 1 unspecified atom stereocenters. The minimum atomic E-state index is 0.335. The number of likely N-dealkylation sites (tertiary alicyclic amines) is 1. The predicted molar refractivity (Wildman–Crippen MR) is 105 cm³/mol. The maximum Gasteiger partial charge on any atom is 0.119 e. The van der Waals surface area contributed by atoms with Gasteiger partial charge in [-0.15, -0.1) is 0 Å². The molecule has 0 radical (unpaired) electrons. The third-order valence-corrected chi connectivity index (χ3v) is 5.93. The molecule has 0 amide bonds. The fourth-order valence-electron chi connectivity index (χ4n) is 4.38. The normalized spacial score (nSPS) is 22.4. The Morgan fingerprint density at radius 2 is 1.85 bits per heavy atom. The second kappa shape index (κ2) is 7.77. The van der Waals surface area contributed by atoms with E-state index in [4.69, 9.17) is 14.9 Å². The Balaban J connectivity index is 1.50. The van der Waals surface area contributed by atoms with Crippen LogP contribution in [0.25, 0.3) is 10.8 Å². The number of ether oxygens (including phenoxy) is 2. The summed E-state index contributed by atoms with van der Waals surface area (Å²) in [6.07, 6.45) is 4.59. The highest BCUT2D eigenvalue weighted by molar-refractivity contribution is 6.03. The second-order valence-corrected chi connectivity index (χ2v) is 7.52. The molecule has 2 saturated heterocycles. The van der Waals surface area contributed by atoms with E-state index in [0.717, 1.165) is 61.4 Å². The van der Waals surface area contributed by atoms with Crippen LogP contribution in [0.4, 0.5) is 0 Å². The molecule has 2 heterocycles. The number of hydrogen-bond donors (Lipinski definition) is 1. The van der Waals surface area contributed by atoms with Crippen molar-refractivity contribution in [2.45, 2.75) is 31.7 Å². The summed E-state index contributed by atoms with van der Waals surface area (Å²) in [5.41, 5.74) is 1.85. The highest BCUT2D eigenvalue weighted by Gasteiger charge is 2.29. The van der Waals surface area contributed by atoms with Crippen molar-refractivity contribution in [1.29, 1.82) is 5.41 Å². The zero-order chi connectivity index (χ0) is 17.9. The summed E-state index contributed by atoms with van der Waals surface area (Å²) >= 11 is 0. The van der Waals surface area contributed by atoms with E-state index in [1.165, 1.54) is 18.4 Å². The molecule has 138 valence electrons. The number of hydrogen-bond acceptors (Lipinski definition) is 4. The van der Waals surface area contributed by atoms with Crippen molar-refractivity contribution in [1.82, 2.24) is 4.90 Å². The van der Waals surface area contributed by atoms with Crippen LogP contribution in [0.2, 0.25) is 0 Å². The van der Waals surface area contributed by atoms with Gasteiger partial charge in [0.2, 0.25) is 0 Å². The lowest BCUT2D eigenvalue weighted by Gasteiger charge is -2.40. The largest absolute Gasteiger partial charge is 0.497 e. The van der Waals surface area contributed by atoms with Gasteiger partial charge >= 0.3 is 0 Å². The molecule has 2 aliphatic rings. The minimum absolute atomic E-state index is 0.335. The molecule has 4 heteroatoms.